The summed E-state index contributed by atoms with van der Waals surface area (Å²) in [5.41, 5.74) is 15.8. The quantitative estimate of drug-likeness (QED) is 0.0506. The number of carbonyl (C=O) groups excluding carboxylic acids is 3. The van der Waals surface area contributed by atoms with Gasteiger partial charge in [0.25, 0.3) is 0 Å². The number of aliphatic carboxylic acids is 1. The number of thiol groups is 1. The van der Waals surface area contributed by atoms with Gasteiger partial charge in [-0.05, 0) is 19.8 Å². The van der Waals surface area contributed by atoms with Crippen molar-refractivity contribution in [2.75, 3.05) is 18.9 Å². The van der Waals surface area contributed by atoms with E-state index in [4.69, 9.17) is 27.4 Å². The van der Waals surface area contributed by atoms with E-state index in [0.717, 1.165) is 0 Å². The lowest BCUT2D eigenvalue weighted by Gasteiger charge is -2.26. The van der Waals surface area contributed by atoms with Crippen molar-refractivity contribution >= 4 is 42.3 Å². The largest absolute Gasteiger partial charge is 0.480 e. The van der Waals surface area contributed by atoms with E-state index in [2.05, 4.69) is 33.6 Å². The molecule has 0 aromatic rings. The first-order valence-corrected chi connectivity index (χ1v) is 9.92. The van der Waals surface area contributed by atoms with Gasteiger partial charge in [0.2, 0.25) is 17.7 Å². The van der Waals surface area contributed by atoms with Crippen LogP contribution in [0.25, 0.3) is 0 Å². The molecule has 5 unspecified atom stereocenters. The molecule has 0 bridgehead atoms. The van der Waals surface area contributed by atoms with E-state index in [9.17, 15) is 24.3 Å². The molecule has 0 saturated heterocycles. The molecule has 0 aromatic carbocycles. The van der Waals surface area contributed by atoms with Gasteiger partial charge in [-0.15, -0.1) is 0 Å². The third kappa shape index (κ3) is 10.8. The zero-order chi connectivity index (χ0) is 24.1. The molecule has 0 aromatic heterocycles. The van der Waals surface area contributed by atoms with Crippen LogP contribution in [0.15, 0.2) is 4.99 Å². The lowest BCUT2D eigenvalue weighted by Crippen LogP contribution is -2.60. The summed E-state index contributed by atoms with van der Waals surface area (Å²) in [6.45, 7) is 0.680. The Labute approximate surface area is 184 Å². The van der Waals surface area contributed by atoms with Crippen molar-refractivity contribution in [2.45, 2.75) is 50.0 Å². The number of nitrogens with zero attached hydrogens (tertiary/aromatic N) is 1. The first-order chi connectivity index (χ1) is 14.4. The fourth-order valence-corrected chi connectivity index (χ4v) is 2.49. The minimum Gasteiger partial charge on any atom is -0.480 e. The van der Waals surface area contributed by atoms with Crippen LogP contribution in [-0.4, -0.2) is 94.1 Å². The Bertz CT molecular complexity index is 658. The molecule has 0 aliphatic carbocycles. The second kappa shape index (κ2) is 14.4. The van der Waals surface area contributed by atoms with Crippen LogP contribution in [0, 0.1) is 0 Å². The summed E-state index contributed by atoms with van der Waals surface area (Å²) in [5, 5.41) is 34.7. The van der Waals surface area contributed by atoms with Gasteiger partial charge in [0.1, 0.15) is 24.2 Å². The second-order valence-electron chi connectivity index (χ2n) is 6.61. The smallest absolute Gasteiger partial charge is 0.327 e. The second-order valence-corrected chi connectivity index (χ2v) is 6.97. The van der Waals surface area contributed by atoms with E-state index in [1.165, 1.54) is 6.92 Å². The number of carbonyl (C=O) groups is 4. The van der Waals surface area contributed by atoms with Crippen molar-refractivity contribution in [2.24, 2.45) is 22.2 Å². The molecule has 0 fully saturated rings. The molecule has 3 amide bonds. The Morgan fingerprint density at radius 2 is 1.61 bits per heavy atom. The summed E-state index contributed by atoms with van der Waals surface area (Å²) in [4.78, 5) is 51.9. The number of carboxylic acid groups (broad SMARTS) is 1. The molecule has 14 nitrogen and oxygen atoms in total. The molecule has 12 N–H and O–H groups in total. The van der Waals surface area contributed by atoms with Gasteiger partial charge in [0, 0.05) is 12.3 Å². The predicted molar refractivity (Wildman–Crippen MR) is 114 cm³/mol. The highest BCUT2D eigenvalue weighted by Crippen LogP contribution is 2.03. The topological polar surface area (TPSA) is 255 Å². The SMILES string of the molecule is CC(O)C(NC(=O)C(N)CO)C(=O)NC(CCCN=C(N)N)C(=O)NC(CS)C(=O)O. The zero-order valence-electron chi connectivity index (χ0n) is 17.0. The van der Waals surface area contributed by atoms with Gasteiger partial charge >= 0.3 is 5.97 Å². The average Bonchev–Trinajstić information content (AvgIpc) is 2.70. The van der Waals surface area contributed by atoms with Gasteiger partial charge in [-0.2, -0.15) is 12.6 Å². The van der Waals surface area contributed by atoms with Crippen molar-refractivity contribution < 1.29 is 34.5 Å². The lowest BCUT2D eigenvalue weighted by molar-refractivity contribution is -0.141. The van der Waals surface area contributed by atoms with Gasteiger partial charge in [-0.1, -0.05) is 0 Å². The minimum absolute atomic E-state index is 0.0178. The minimum atomic E-state index is -1.49. The molecule has 0 radical (unpaired) electrons. The summed E-state index contributed by atoms with van der Waals surface area (Å²) < 4.78 is 0. The first-order valence-electron chi connectivity index (χ1n) is 9.29. The maximum Gasteiger partial charge on any atom is 0.327 e. The highest BCUT2D eigenvalue weighted by molar-refractivity contribution is 7.80. The van der Waals surface area contributed by atoms with E-state index in [1.807, 2.05) is 0 Å². The zero-order valence-corrected chi connectivity index (χ0v) is 17.9. The van der Waals surface area contributed by atoms with Crippen molar-refractivity contribution in [1.29, 1.82) is 0 Å². The van der Waals surface area contributed by atoms with Crippen LogP contribution in [0.2, 0.25) is 0 Å². The van der Waals surface area contributed by atoms with Gasteiger partial charge in [0.05, 0.1) is 12.7 Å². The number of amides is 3. The Morgan fingerprint density at radius 3 is 2.06 bits per heavy atom. The summed E-state index contributed by atoms with van der Waals surface area (Å²) in [6, 6.07) is -5.34. The highest BCUT2D eigenvalue weighted by Gasteiger charge is 2.32. The van der Waals surface area contributed by atoms with Gasteiger partial charge in [-0.25, -0.2) is 4.79 Å². The van der Waals surface area contributed by atoms with E-state index >= 15 is 0 Å². The molecule has 178 valence electrons. The maximum absolute atomic E-state index is 12.6. The Hall–Kier alpha value is -2.62. The van der Waals surface area contributed by atoms with Crippen LogP contribution in [0.3, 0.4) is 0 Å². The summed E-state index contributed by atoms with van der Waals surface area (Å²) >= 11 is 3.86. The van der Waals surface area contributed by atoms with Gasteiger partial charge in [-0.3, -0.25) is 19.4 Å². The summed E-state index contributed by atoms with van der Waals surface area (Å²) in [5.74, 6) is -4.31. The van der Waals surface area contributed by atoms with Crippen molar-refractivity contribution in [3.8, 4) is 0 Å². The van der Waals surface area contributed by atoms with Crippen LogP contribution < -0.4 is 33.2 Å². The Morgan fingerprint density at radius 1 is 1.03 bits per heavy atom. The highest BCUT2D eigenvalue weighted by atomic mass is 32.1. The fraction of sp³-hybridized carbons (Fsp3) is 0.688. The van der Waals surface area contributed by atoms with E-state index in [1.54, 1.807) is 0 Å². The van der Waals surface area contributed by atoms with Crippen LogP contribution >= 0.6 is 12.6 Å². The maximum atomic E-state index is 12.6. The number of hydrogen-bond donors (Lipinski definition) is 10. The fourth-order valence-electron chi connectivity index (χ4n) is 2.24. The summed E-state index contributed by atoms with van der Waals surface area (Å²) in [6.07, 6.45) is -1.11. The molecular weight excluding hydrogens is 434 g/mol. The van der Waals surface area contributed by atoms with Crippen LogP contribution in [0.1, 0.15) is 19.8 Å². The standard InChI is InChI=1S/C16H31N7O7S/c1-7(25)11(23-12(26)8(17)5-24)14(28)21-9(3-2-4-20-16(18)19)13(27)22-10(6-31)15(29)30/h7-11,24-25,31H,2-6,17H2,1H3,(H,21,28)(H,22,27)(H,23,26)(H,29,30)(H4,18,19,20). The molecule has 0 aliphatic rings. The number of aliphatic imine (C=N–C) groups is 1. The number of nitrogens with two attached hydrogens (primary N) is 3. The number of aliphatic hydroxyl groups excluding tert-OH is 2. The number of hydrogen-bond acceptors (Lipinski definition) is 9. The molecular formula is C16H31N7O7S. The van der Waals surface area contributed by atoms with Gasteiger partial charge < -0.3 is 48.5 Å². The Balaban J connectivity index is 5.40. The number of guanidine groups is 1. The molecule has 0 spiro atoms. The summed E-state index contributed by atoms with van der Waals surface area (Å²) in [7, 11) is 0. The molecule has 0 saturated carbocycles. The molecule has 5 atom stereocenters. The Kier molecular flexibility index (Phi) is 13.2. The molecule has 0 aliphatic heterocycles. The molecule has 15 heteroatoms. The van der Waals surface area contributed by atoms with Crippen molar-refractivity contribution in [3.05, 3.63) is 0 Å². The number of carboxylic acids is 1. The molecule has 0 heterocycles. The third-order valence-corrected chi connectivity index (χ3v) is 4.34. The average molecular weight is 466 g/mol. The normalized spacial score (nSPS) is 15.5. The third-order valence-electron chi connectivity index (χ3n) is 3.97. The van der Waals surface area contributed by atoms with Crippen molar-refractivity contribution in [3.63, 3.8) is 0 Å². The first kappa shape index (κ1) is 28.4. The molecule has 31 heavy (non-hydrogen) atoms. The van der Waals surface area contributed by atoms with E-state index < -0.39 is 60.6 Å². The van der Waals surface area contributed by atoms with Crippen LogP contribution in [0.5, 0.6) is 0 Å². The van der Waals surface area contributed by atoms with E-state index in [0.29, 0.717) is 0 Å². The predicted octanol–water partition coefficient (Wildman–Crippen LogP) is -4.79. The number of aliphatic hydroxyl groups is 2. The monoisotopic (exact) mass is 465 g/mol. The van der Waals surface area contributed by atoms with Crippen LogP contribution in [0.4, 0.5) is 0 Å². The van der Waals surface area contributed by atoms with Crippen LogP contribution in [-0.2, 0) is 19.2 Å². The lowest BCUT2D eigenvalue weighted by atomic mass is 10.1. The number of nitrogens with one attached hydrogen (secondary N) is 3. The number of rotatable bonds is 14. The van der Waals surface area contributed by atoms with E-state index in [-0.39, 0.29) is 31.1 Å². The van der Waals surface area contributed by atoms with Crippen molar-refractivity contribution in [1.82, 2.24) is 16.0 Å². The van der Waals surface area contributed by atoms with Gasteiger partial charge in [0.15, 0.2) is 5.96 Å². The molecule has 0 rings (SSSR count).